The van der Waals surface area contributed by atoms with E-state index in [0.717, 1.165) is 87.3 Å². The molecule has 4 rings (SSSR count). The van der Waals surface area contributed by atoms with Crippen LogP contribution in [0.4, 0.5) is 11.5 Å². The molecule has 0 unspecified atom stereocenters. The molecule has 6 nitrogen and oxygen atoms in total. The third kappa shape index (κ3) is 5.27. The third-order valence-electron chi connectivity index (χ3n) is 6.61. The van der Waals surface area contributed by atoms with Crippen molar-refractivity contribution >= 4 is 49.2 Å². The predicted octanol–water partition coefficient (Wildman–Crippen LogP) is 6.74. The number of pyridine rings is 2. The fraction of sp³-hybridized carbons (Fsp3) is 0.379. The summed E-state index contributed by atoms with van der Waals surface area (Å²) in [5.74, 6) is 1.73. The molecule has 2 aromatic carbocycles. The maximum atomic E-state index is 5.58. The van der Waals surface area contributed by atoms with Crippen LogP contribution in [-0.2, 0) is 0 Å². The van der Waals surface area contributed by atoms with Crippen molar-refractivity contribution in [1.82, 2.24) is 14.9 Å². The fourth-order valence-electron chi connectivity index (χ4n) is 4.71. The standard InChI is InChI=1S/C29H36BrN5O/c1-7-35(8-2)28-19(3)29(31-16-9-17-34(4)5)33-27-23-18-22(36-6)14-15-24(23)32-26(25(27)28)20-10-12-21(30)13-11-20/h10-15,18H,7-9,16-17H2,1-6H3,(H,31,33). The molecule has 1 N–H and O–H groups in total. The minimum Gasteiger partial charge on any atom is -0.497 e. The third-order valence-corrected chi connectivity index (χ3v) is 7.14. The lowest BCUT2D eigenvalue weighted by Gasteiger charge is -2.28. The topological polar surface area (TPSA) is 53.5 Å². The first kappa shape index (κ1) is 26.2. The fourth-order valence-corrected chi connectivity index (χ4v) is 4.98. The number of ether oxygens (including phenoxy) is 1. The second-order valence-corrected chi connectivity index (χ2v) is 10.2. The first-order valence-corrected chi connectivity index (χ1v) is 13.4. The number of benzene rings is 2. The average Bonchev–Trinajstić information content (AvgIpc) is 2.88. The maximum absolute atomic E-state index is 5.58. The Morgan fingerprint density at radius 2 is 1.72 bits per heavy atom. The predicted molar refractivity (Wildman–Crippen MR) is 157 cm³/mol. The molecule has 0 spiro atoms. The molecule has 0 aliphatic carbocycles. The van der Waals surface area contributed by atoms with E-state index in [1.807, 2.05) is 12.1 Å². The smallest absolute Gasteiger partial charge is 0.131 e. The number of halogens is 1. The van der Waals surface area contributed by atoms with Crippen LogP contribution >= 0.6 is 15.9 Å². The Kier molecular flexibility index (Phi) is 8.32. The number of nitrogens with one attached hydrogen (secondary N) is 1. The van der Waals surface area contributed by atoms with Crippen LogP contribution in [0.1, 0.15) is 25.8 Å². The highest BCUT2D eigenvalue weighted by Gasteiger charge is 2.22. The summed E-state index contributed by atoms with van der Waals surface area (Å²) in [6.45, 7) is 10.3. The van der Waals surface area contributed by atoms with Gasteiger partial charge >= 0.3 is 0 Å². The molecule has 7 heteroatoms. The number of fused-ring (bicyclic) bond motifs is 3. The van der Waals surface area contributed by atoms with E-state index in [9.17, 15) is 0 Å². The summed E-state index contributed by atoms with van der Waals surface area (Å²) in [4.78, 5) is 15.1. The highest BCUT2D eigenvalue weighted by Crippen LogP contribution is 2.42. The molecule has 2 aromatic heterocycles. The van der Waals surface area contributed by atoms with Crippen LogP contribution in [0.2, 0.25) is 0 Å². The van der Waals surface area contributed by atoms with Crippen molar-refractivity contribution in [2.45, 2.75) is 27.2 Å². The maximum Gasteiger partial charge on any atom is 0.131 e. The number of rotatable bonds is 10. The molecule has 4 aromatic rings. The number of methoxy groups -OCH3 is 1. The molecule has 0 atom stereocenters. The minimum absolute atomic E-state index is 0.800. The molecule has 190 valence electrons. The Hall–Kier alpha value is -2.90. The number of aromatic nitrogens is 2. The first-order chi connectivity index (χ1) is 17.4. The zero-order valence-electron chi connectivity index (χ0n) is 22.2. The van der Waals surface area contributed by atoms with Crippen LogP contribution in [0.3, 0.4) is 0 Å². The Bertz CT molecular complexity index is 1350. The lowest BCUT2D eigenvalue weighted by atomic mass is 9.99. The lowest BCUT2D eigenvalue weighted by Crippen LogP contribution is -2.24. The second-order valence-electron chi connectivity index (χ2n) is 9.26. The number of hydrogen-bond acceptors (Lipinski definition) is 6. The quantitative estimate of drug-likeness (QED) is 0.174. The summed E-state index contributed by atoms with van der Waals surface area (Å²) in [6, 6.07) is 14.4. The Morgan fingerprint density at radius 1 is 1.00 bits per heavy atom. The molecular formula is C29H36BrN5O. The van der Waals surface area contributed by atoms with Crippen LogP contribution in [-0.4, -0.2) is 62.3 Å². The van der Waals surface area contributed by atoms with Crippen LogP contribution in [0, 0.1) is 6.92 Å². The number of anilines is 2. The summed E-state index contributed by atoms with van der Waals surface area (Å²) in [5.41, 5.74) is 6.21. The van der Waals surface area contributed by atoms with Gasteiger partial charge in [-0.15, -0.1) is 0 Å². The van der Waals surface area contributed by atoms with Gasteiger partial charge in [0.05, 0.1) is 34.9 Å². The van der Waals surface area contributed by atoms with Crippen molar-refractivity contribution in [2.24, 2.45) is 0 Å². The number of nitrogens with zero attached hydrogens (tertiary/aromatic N) is 4. The van der Waals surface area contributed by atoms with Gasteiger partial charge in [-0.2, -0.15) is 0 Å². The minimum atomic E-state index is 0.800. The summed E-state index contributed by atoms with van der Waals surface area (Å²) < 4.78 is 6.63. The molecule has 0 radical (unpaired) electrons. The Morgan fingerprint density at radius 3 is 2.36 bits per heavy atom. The highest BCUT2D eigenvalue weighted by molar-refractivity contribution is 9.10. The normalized spacial score (nSPS) is 11.4. The van der Waals surface area contributed by atoms with Crippen molar-refractivity contribution < 1.29 is 4.74 Å². The van der Waals surface area contributed by atoms with Gasteiger partial charge in [0.25, 0.3) is 0 Å². The molecule has 0 aliphatic heterocycles. The molecule has 2 heterocycles. The van der Waals surface area contributed by atoms with E-state index in [-0.39, 0.29) is 0 Å². The van der Waals surface area contributed by atoms with Crippen molar-refractivity contribution in [3.05, 3.63) is 52.5 Å². The van der Waals surface area contributed by atoms with E-state index in [0.29, 0.717) is 0 Å². The van der Waals surface area contributed by atoms with E-state index in [1.54, 1.807) is 7.11 Å². The van der Waals surface area contributed by atoms with Gasteiger partial charge < -0.3 is 19.9 Å². The molecule has 0 saturated heterocycles. The van der Waals surface area contributed by atoms with Crippen molar-refractivity contribution in [3.8, 4) is 17.0 Å². The summed E-state index contributed by atoms with van der Waals surface area (Å²) in [6.07, 6.45) is 1.04. The molecule has 0 bridgehead atoms. The average molecular weight is 551 g/mol. The van der Waals surface area contributed by atoms with Crippen LogP contribution in [0.25, 0.3) is 33.1 Å². The van der Waals surface area contributed by atoms with Crippen molar-refractivity contribution in [1.29, 1.82) is 0 Å². The SMILES string of the molecule is CCN(CC)c1c(C)c(NCCCN(C)C)nc2c1c(-c1ccc(Br)cc1)nc1ccc(OC)cc12. The van der Waals surface area contributed by atoms with Gasteiger partial charge in [0.1, 0.15) is 11.6 Å². The van der Waals surface area contributed by atoms with E-state index in [4.69, 9.17) is 14.7 Å². The summed E-state index contributed by atoms with van der Waals surface area (Å²) >= 11 is 3.58. The molecule has 0 saturated carbocycles. The van der Waals surface area contributed by atoms with Gasteiger partial charge in [-0.05, 0) is 78.2 Å². The van der Waals surface area contributed by atoms with Crippen LogP contribution in [0.5, 0.6) is 5.75 Å². The molecular weight excluding hydrogens is 514 g/mol. The monoisotopic (exact) mass is 549 g/mol. The highest BCUT2D eigenvalue weighted by atomic mass is 79.9. The summed E-state index contributed by atoms with van der Waals surface area (Å²) in [7, 11) is 5.91. The van der Waals surface area contributed by atoms with Gasteiger partial charge in [0.15, 0.2) is 0 Å². The number of hydrogen-bond donors (Lipinski definition) is 1. The van der Waals surface area contributed by atoms with E-state index in [1.165, 1.54) is 5.69 Å². The van der Waals surface area contributed by atoms with E-state index in [2.05, 4.69) is 96.2 Å². The second kappa shape index (κ2) is 11.4. The van der Waals surface area contributed by atoms with E-state index >= 15 is 0 Å². The lowest BCUT2D eigenvalue weighted by molar-refractivity contribution is 0.405. The Labute approximate surface area is 222 Å². The van der Waals surface area contributed by atoms with Crippen molar-refractivity contribution in [2.75, 3.05) is 57.6 Å². The van der Waals surface area contributed by atoms with Crippen LogP contribution in [0.15, 0.2) is 46.9 Å². The molecule has 0 aliphatic rings. The van der Waals surface area contributed by atoms with Gasteiger partial charge in [0.2, 0.25) is 0 Å². The van der Waals surface area contributed by atoms with Gasteiger partial charge in [0, 0.05) is 40.6 Å². The zero-order valence-corrected chi connectivity index (χ0v) is 23.7. The van der Waals surface area contributed by atoms with E-state index < -0.39 is 0 Å². The molecule has 0 amide bonds. The molecule has 0 fully saturated rings. The summed E-state index contributed by atoms with van der Waals surface area (Å²) in [5, 5.41) is 5.72. The van der Waals surface area contributed by atoms with Crippen LogP contribution < -0.4 is 15.0 Å². The largest absolute Gasteiger partial charge is 0.497 e. The van der Waals surface area contributed by atoms with Gasteiger partial charge in [-0.25, -0.2) is 9.97 Å². The first-order valence-electron chi connectivity index (χ1n) is 12.6. The van der Waals surface area contributed by atoms with Gasteiger partial charge in [-0.3, -0.25) is 0 Å². The van der Waals surface area contributed by atoms with Crippen molar-refractivity contribution in [3.63, 3.8) is 0 Å². The Balaban J connectivity index is 2.06. The molecule has 36 heavy (non-hydrogen) atoms. The van der Waals surface area contributed by atoms with Gasteiger partial charge in [-0.1, -0.05) is 28.1 Å². The zero-order chi connectivity index (χ0) is 25.8.